The van der Waals surface area contributed by atoms with Crippen molar-refractivity contribution in [1.29, 1.82) is 5.26 Å². The zero-order valence-electron chi connectivity index (χ0n) is 12.2. The minimum Gasteiger partial charge on any atom is -0.374 e. The lowest BCUT2D eigenvalue weighted by Gasteiger charge is -2.34. The van der Waals surface area contributed by atoms with E-state index in [4.69, 9.17) is 10.00 Å². The third-order valence-corrected chi connectivity index (χ3v) is 3.27. The summed E-state index contributed by atoms with van der Waals surface area (Å²) in [6, 6.07) is 5.68. The molecule has 0 amide bonds. The normalized spacial score (nSPS) is 19.8. The van der Waals surface area contributed by atoms with Gasteiger partial charge >= 0.3 is 0 Å². The highest BCUT2D eigenvalue weighted by Gasteiger charge is 2.21. The molecule has 2 rings (SSSR count). The van der Waals surface area contributed by atoms with Gasteiger partial charge in [-0.1, -0.05) is 13.8 Å². The first-order valence-corrected chi connectivity index (χ1v) is 7.12. The van der Waals surface area contributed by atoms with E-state index in [0.29, 0.717) is 23.8 Å². The van der Waals surface area contributed by atoms with E-state index in [2.05, 4.69) is 35.1 Å². The molecule has 1 atom stereocenters. The first kappa shape index (κ1) is 14.8. The van der Waals surface area contributed by atoms with Crippen LogP contribution < -0.4 is 5.32 Å². The van der Waals surface area contributed by atoms with Crippen LogP contribution >= 0.6 is 0 Å². The van der Waals surface area contributed by atoms with Crippen molar-refractivity contribution >= 4 is 5.82 Å². The summed E-state index contributed by atoms with van der Waals surface area (Å²) in [7, 11) is 0. The molecular weight excluding hydrogens is 252 g/mol. The van der Waals surface area contributed by atoms with Crippen LogP contribution in [-0.4, -0.2) is 48.8 Å². The Bertz CT molecular complexity index is 469. The smallest absolute Gasteiger partial charge is 0.143 e. The second-order valence-electron chi connectivity index (χ2n) is 5.54. The molecule has 5 nitrogen and oxygen atoms in total. The largest absolute Gasteiger partial charge is 0.374 e. The average molecular weight is 274 g/mol. The number of nitrogens with one attached hydrogen (secondary N) is 1. The van der Waals surface area contributed by atoms with Crippen molar-refractivity contribution in [3.63, 3.8) is 0 Å². The molecule has 1 N–H and O–H groups in total. The fourth-order valence-electron chi connectivity index (χ4n) is 2.43. The van der Waals surface area contributed by atoms with Crippen LogP contribution in [0, 0.1) is 17.2 Å². The van der Waals surface area contributed by atoms with Gasteiger partial charge in [0.25, 0.3) is 0 Å². The van der Waals surface area contributed by atoms with Crippen LogP contribution in [0.2, 0.25) is 0 Å². The van der Waals surface area contributed by atoms with Gasteiger partial charge in [0.2, 0.25) is 0 Å². The molecule has 5 heteroatoms. The van der Waals surface area contributed by atoms with Crippen LogP contribution in [0.3, 0.4) is 0 Å². The van der Waals surface area contributed by atoms with Crippen molar-refractivity contribution in [1.82, 2.24) is 9.88 Å². The Morgan fingerprint density at radius 2 is 2.45 bits per heavy atom. The van der Waals surface area contributed by atoms with Gasteiger partial charge in [0.05, 0.1) is 18.3 Å². The standard InChI is InChI=1S/C15H22N4O/c1-12(2)10-19-6-7-20-14(11-19)9-18-15-13(8-16)4-3-5-17-15/h3-5,12,14H,6-7,9-11H2,1-2H3,(H,17,18)/t14-/m1/s1. The van der Waals surface area contributed by atoms with Gasteiger partial charge in [-0.3, -0.25) is 4.90 Å². The minimum absolute atomic E-state index is 0.149. The van der Waals surface area contributed by atoms with Crippen molar-refractivity contribution in [2.75, 3.05) is 38.1 Å². The molecule has 0 spiro atoms. The van der Waals surface area contributed by atoms with Crippen LogP contribution in [0.25, 0.3) is 0 Å². The van der Waals surface area contributed by atoms with Crippen molar-refractivity contribution in [3.05, 3.63) is 23.9 Å². The number of ether oxygens (including phenoxy) is 1. The predicted molar refractivity (Wildman–Crippen MR) is 78.5 cm³/mol. The number of anilines is 1. The lowest BCUT2D eigenvalue weighted by Crippen LogP contribution is -2.46. The number of nitrogens with zero attached hydrogens (tertiary/aromatic N) is 3. The molecule has 0 aliphatic carbocycles. The number of aromatic nitrogens is 1. The van der Waals surface area contributed by atoms with Crippen molar-refractivity contribution in [2.24, 2.45) is 5.92 Å². The van der Waals surface area contributed by atoms with E-state index >= 15 is 0 Å². The van der Waals surface area contributed by atoms with Crippen LogP contribution in [0.15, 0.2) is 18.3 Å². The number of hydrogen-bond donors (Lipinski definition) is 1. The summed E-state index contributed by atoms with van der Waals surface area (Å²) in [4.78, 5) is 6.63. The fourth-order valence-corrected chi connectivity index (χ4v) is 2.43. The third kappa shape index (κ3) is 4.19. The Morgan fingerprint density at radius 1 is 1.60 bits per heavy atom. The highest BCUT2D eigenvalue weighted by atomic mass is 16.5. The average Bonchev–Trinajstić information content (AvgIpc) is 2.45. The summed E-state index contributed by atoms with van der Waals surface area (Å²) in [5, 5.41) is 12.2. The number of nitriles is 1. The van der Waals surface area contributed by atoms with E-state index in [-0.39, 0.29) is 6.10 Å². The van der Waals surface area contributed by atoms with Crippen molar-refractivity contribution in [2.45, 2.75) is 20.0 Å². The van der Waals surface area contributed by atoms with E-state index in [0.717, 1.165) is 26.2 Å². The summed E-state index contributed by atoms with van der Waals surface area (Å²) in [5.41, 5.74) is 0.572. The molecular formula is C15H22N4O. The molecule has 1 aliphatic rings. The van der Waals surface area contributed by atoms with Gasteiger partial charge in [-0.25, -0.2) is 4.98 Å². The van der Waals surface area contributed by atoms with Crippen LogP contribution in [0.5, 0.6) is 0 Å². The van der Waals surface area contributed by atoms with Gasteiger partial charge in [-0.05, 0) is 18.1 Å². The third-order valence-electron chi connectivity index (χ3n) is 3.27. The van der Waals surface area contributed by atoms with Crippen LogP contribution in [-0.2, 0) is 4.74 Å². The predicted octanol–water partition coefficient (Wildman–Crippen LogP) is 1.72. The molecule has 0 radical (unpaired) electrons. The first-order chi connectivity index (χ1) is 9.69. The van der Waals surface area contributed by atoms with E-state index in [1.807, 2.05) is 0 Å². The molecule has 1 aliphatic heterocycles. The quantitative estimate of drug-likeness (QED) is 0.886. The molecule has 1 aromatic rings. The minimum atomic E-state index is 0.149. The molecule has 0 aromatic carbocycles. The van der Waals surface area contributed by atoms with E-state index in [9.17, 15) is 0 Å². The fraction of sp³-hybridized carbons (Fsp3) is 0.600. The number of hydrogen-bond acceptors (Lipinski definition) is 5. The molecule has 0 saturated carbocycles. The van der Waals surface area contributed by atoms with Gasteiger partial charge in [0, 0.05) is 32.4 Å². The zero-order valence-corrected chi connectivity index (χ0v) is 12.2. The molecule has 1 aromatic heterocycles. The summed E-state index contributed by atoms with van der Waals surface area (Å²) >= 11 is 0. The second-order valence-corrected chi connectivity index (χ2v) is 5.54. The van der Waals surface area contributed by atoms with Crippen LogP contribution in [0.1, 0.15) is 19.4 Å². The topological polar surface area (TPSA) is 61.2 Å². The Hall–Kier alpha value is -1.64. The molecule has 108 valence electrons. The van der Waals surface area contributed by atoms with Gasteiger partial charge in [-0.2, -0.15) is 5.26 Å². The van der Waals surface area contributed by atoms with E-state index < -0.39 is 0 Å². The van der Waals surface area contributed by atoms with Gasteiger partial charge in [0.1, 0.15) is 11.9 Å². The zero-order chi connectivity index (χ0) is 14.4. The monoisotopic (exact) mass is 274 g/mol. The maximum atomic E-state index is 9.03. The molecule has 0 bridgehead atoms. The summed E-state index contributed by atoms with van der Waals surface area (Å²) in [6.45, 7) is 8.95. The van der Waals surface area contributed by atoms with Gasteiger partial charge in [-0.15, -0.1) is 0 Å². The molecule has 2 heterocycles. The molecule has 1 saturated heterocycles. The molecule has 20 heavy (non-hydrogen) atoms. The Kier molecular flexibility index (Phi) is 5.33. The summed E-state index contributed by atoms with van der Waals surface area (Å²) < 4.78 is 5.77. The maximum absolute atomic E-state index is 9.03. The highest BCUT2D eigenvalue weighted by Crippen LogP contribution is 2.12. The Morgan fingerprint density at radius 3 is 3.20 bits per heavy atom. The number of morpholine rings is 1. The molecule has 0 unspecified atom stereocenters. The second kappa shape index (κ2) is 7.22. The lowest BCUT2D eigenvalue weighted by molar-refractivity contribution is -0.0244. The summed E-state index contributed by atoms with van der Waals surface area (Å²) in [5.74, 6) is 1.31. The van der Waals surface area contributed by atoms with E-state index in [1.165, 1.54) is 0 Å². The summed E-state index contributed by atoms with van der Waals surface area (Å²) in [6.07, 6.45) is 1.84. The molecule has 1 fully saturated rings. The SMILES string of the molecule is CC(C)CN1CCO[C@H](CNc2ncccc2C#N)C1. The lowest BCUT2D eigenvalue weighted by atomic mass is 10.2. The maximum Gasteiger partial charge on any atom is 0.143 e. The van der Waals surface area contributed by atoms with Crippen molar-refractivity contribution < 1.29 is 4.74 Å². The van der Waals surface area contributed by atoms with Gasteiger partial charge < -0.3 is 10.1 Å². The first-order valence-electron chi connectivity index (χ1n) is 7.12. The number of pyridine rings is 1. The highest BCUT2D eigenvalue weighted by molar-refractivity contribution is 5.51. The van der Waals surface area contributed by atoms with Crippen LogP contribution in [0.4, 0.5) is 5.82 Å². The number of rotatable bonds is 5. The van der Waals surface area contributed by atoms with E-state index in [1.54, 1.807) is 18.3 Å². The van der Waals surface area contributed by atoms with Crippen molar-refractivity contribution in [3.8, 4) is 6.07 Å². The Labute approximate surface area is 120 Å². The Balaban J connectivity index is 1.86. The van der Waals surface area contributed by atoms with Gasteiger partial charge in [0.15, 0.2) is 0 Å².